The van der Waals surface area contributed by atoms with Crippen LogP contribution in [0.25, 0.3) is 0 Å². The molecule has 7 heteroatoms. The molecule has 2 aromatic rings. The first-order chi connectivity index (χ1) is 12.5. The van der Waals surface area contributed by atoms with Crippen LogP contribution in [-0.2, 0) is 6.54 Å². The van der Waals surface area contributed by atoms with E-state index in [2.05, 4.69) is 20.8 Å². The lowest BCUT2D eigenvalue weighted by atomic mass is 9.94. The van der Waals surface area contributed by atoms with Crippen LogP contribution >= 0.6 is 0 Å². The molecule has 3 N–H and O–H groups in total. The molecular formula is C19H26FN5O. The number of rotatable bonds is 5. The number of hydrogen-bond donors (Lipinski definition) is 3. The molecule has 0 bridgehead atoms. The fraction of sp³-hybridized carbons (Fsp3) is 0.474. The molecule has 0 radical (unpaired) electrons. The molecule has 2 amide bonds. The van der Waals surface area contributed by atoms with Crippen LogP contribution in [0.1, 0.15) is 43.4 Å². The number of carbonyl (C=O) groups is 1. The molecule has 1 aromatic heterocycles. The van der Waals surface area contributed by atoms with E-state index in [1.165, 1.54) is 25.3 Å². The number of anilines is 2. The maximum atomic E-state index is 14.5. The maximum Gasteiger partial charge on any atom is 0.319 e. The van der Waals surface area contributed by atoms with Crippen LogP contribution in [0, 0.1) is 12.7 Å². The Bertz CT molecular complexity index is 754. The van der Waals surface area contributed by atoms with Gasteiger partial charge in [0.25, 0.3) is 0 Å². The second-order valence-corrected chi connectivity index (χ2v) is 6.90. The predicted octanol–water partition coefficient (Wildman–Crippen LogP) is 3.95. The smallest absolute Gasteiger partial charge is 0.319 e. The highest BCUT2D eigenvalue weighted by Gasteiger charge is 2.20. The Morgan fingerprint density at radius 3 is 2.77 bits per heavy atom. The number of aryl methyl sites for hydroxylation is 1. The molecule has 3 rings (SSSR count). The Balaban J connectivity index is 1.58. The molecule has 6 nitrogen and oxygen atoms in total. The van der Waals surface area contributed by atoms with Crippen LogP contribution in [0.2, 0.25) is 0 Å². The first kappa shape index (κ1) is 18.2. The summed E-state index contributed by atoms with van der Waals surface area (Å²) < 4.78 is 14.5. The molecule has 0 atom stereocenters. The van der Waals surface area contributed by atoms with Crippen LogP contribution in [-0.4, -0.2) is 29.3 Å². The standard InChI is InChI=1S/C19H26FN5O/c1-13-14(12-22-24-13)11-21-19(26)23-15-8-9-18(17(20)10-15)25(2)16-6-4-3-5-7-16/h8-10,12,16H,3-7,11H2,1-2H3,(H,22,24)(H2,21,23,26). The highest BCUT2D eigenvalue weighted by atomic mass is 19.1. The number of amides is 2. The fourth-order valence-corrected chi connectivity index (χ4v) is 3.44. The quantitative estimate of drug-likeness (QED) is 0.757. The summed E-state index contributed by atoms with van der Waals surface area (Å²) in [4.78, 5) is 14.0. The maximum absolute atomic E-state index is 14.5. The van der Waals surface area contributed by atoms with Crippen LogP contribution in [0.5, 0.6) is 0 Å². The minimum atomic E-state index is -0.376. The van der Waals surface area contributed by atoms with Crippen molar-refractivity contribution < 1.29 is 9.18 Å². The Kier molecular flexibility index (Phi) is 5.75. The van der Waals surface area contributed by atoms with E-state index in [1.54, 1.807) is 18.3 Å². The predicted molar refractivity (Wildman–Crippen MR) is 101 cm³/mol. The van der Waals surface area contributed by atoms with Gasteiger partial charge in [0, 0.05) is 36.6 Å². The average Bonchev–Trinajstić information content (AvgIpc) is 3.05. The van der Waals surface area contributed by atoms with E-state index >= 15 is 0 Å². The number of carbonyl (C=O) groups excluding carboxylic acids is 1. The topological polar surface area (TPSA) is 73.0 Å². The van der Waals surface area contributed by atoms with Gasteiger partial charge >= 0.3 is 6.03 Å². The van der Waals surface area contributed by atoms with Gasteiger partial charge in [-0.05, 0) is 38.0 Å². The van der Waals surface area contributed by atoms with Gasteiger partial charge in [-0.1, -0.05) is 19.3 Å². The van der Waals surface area contributed by atoms with Crippen molar-refractivity contribution in [2.24, 2.45) is 0 Å². The third-order valence-electron chi connectivity index (χ3n) is 5.08. The van der Waals surface area contributed by atoms with Gasteiger partial charge in [0.05, 0.1) is 11.9 Å². The Hall–Kier alpha value is -2.57. The lowest BCUT2D eigenvalue weighted by molar-refractivity contribution is 0.251. The van der Waals surface area contributed by atoms with Crippen LogP contribution < -0.4 is 15.5 Å². The zero-order valence-electron chi connectivity index (χ0n) is 15.3. The van der Waals surface area contributed by atoms with E-state index in [1.807, 2.05) is 18.9 Å². The largest absolute Gasteiger partial charge is 0.369 e. The van der Waals surface area contributed by atoms with E-state index in [0.29, 0.717) is 24.0 Å². The second-order valence-electron chi connectivity index (χ2n) is 6.90. The molecule has 1 aliphatic rings. The normalized spacial score (nSPS) is 14.9. The number of halogens is 1. The number of nitrogens with zero attached hydrogens (tertiary/aromatic N) is 2. The van der Waals surface area contributed by atoms with Crippen LogP contribution in [0.3, 0.4) is 0 Å². The third-order valence-corrected chi connectivity index (χ3v) is 5.08. The summed E-state index contributed by atoms with van der Waals surface area (Å²) in [6.07, 6.45) is 7.55. The molecule has 140 valence electrons. The molecule has 0 unspecified atom stereocenters. The van der Waals surface area contributed by atoms with E-state index in [-0.39, 0.29) is 11.8 Å². The molecule has 1 aromatic carbocycles. The van der Waals surface area contributed by atoms with E-state index in [4.69, 9.17) is 0 Å². The van der Waals surface area contributed by atoms with Gasteiger partial charge in [0.15, 0.2) is 0 Å². The number of H-pyrrole nitrogens is 1. The van der Waals surface area contributed by atoms with E-state index in [9.17, 15) is 9.18 Å². The monoisotopic (exact) mass is 359 g/mol. The lowest BCUT2D eigenvalue weighted by Crippen LogP contribution is -2.34. The minimum absolute atomic E-state index is 0.318. The third kappa shape index (κ3) is 4.33. The highest BCUT2D eigenvalue weighted by molar-refractivity contribution is 5.89. The molecule has 26 heavy (non-hydrogen) atoms. The molecule has 1 fully saturated rings. The first-order valence-electron chi connectivity index (χ1n) is 9.10. The summed E-state index contributed by atoms with van der Waals surface area (Å²) in [5, 5.41) is 12.1. The van der Waals surface area contributed by atoms with Gasteiger partial charge in [0.1, 0.15) is 5.82 Å². The van der Waals surface area contributed by atoms with Crippen molar-refractivity contribution in [2.45, 2.75) is 51.6 Å². The summed E-state index contributed by atoms with van der Waals surface area (Å²) in [5.41, 5.74) is 2.84. The van der Waals surface area contributed by atoms with Gasteiger partial charge in [-0.15, -0.1) is 0 Å². The molecule has 0 spiro atoms. The van der Waals surface area contributed by atoms with Crippen molar-refractivity contribution >= 4 is 17.4 Å². The number of aromatic nitrogens is 2. The van der Waals surface area contributed by atoms with Crippen molar-refractivity contribution in [3.05, 3.63) is 41.5 Å². The second kappa shape index (κ2) is 8.21. The minimum Gasteiger partial charge on any atom is -0.369 e. The van der Waals surface area contributed by atoms with Gasteiger partial charge in [-0.3, -0.25) is 5.10 Å². The SMILES string of the molecule is Cc1[nH]ncc1CNC(=O)Nc1ccc(N(C)C2CCCCC2)c(F)c1. The summed E-state index contributed by atoms with van der Waals surface area (Å²) in [5.74, 6) is -0.318. The Morgan fingerprint density at radius 1 is 1.35 bits per heavy atom. The Labute approximate surface area is 153 Å². The molecule has 1 aliphatic carbocycles. The van der Waals surface area contributed by atoms with Crippen LogP contribution in [0.15, 0.2) is 24.4 Å². The molecule has 0 saturated heterocycles. The number of hydrogen-bond acceptors (Lipinski definition) is 3. The fourth-order valence-electron chi connectivity index (χ4n) is 3.44. The Morgan fingerprint density at radius 2 is 2.12 bits per heavy atom. The molecule has 1 saturated carbocycles. The lowest BCUT2D eigenvalue weighted by Gasteiger charge is -2.33. The highest BCUT2D eigenvalue weighted by Crippen LogP contribution is 2.29. The number of urea groups is 1. The van der Waals surface area contributed by atoms with Gasteiger partial charge in [-0.25, -0.2) is 9.18 Å². The summed E-state index contributed by atoms with van der Waals surface area (Å²) in [6.45, 7) is 2.25. The zero-order chi connectivity index (χ0) is 18.5. The number of benzene rings is 1. The van der Waals surface area contributed by atoms with Gasteiger partial charge in [-0.2, -0.15) is 5.10 Å². The first-order valence-corrected chi connectivity index (χ1v) is 9.10. The van der Waals surface area contributed by atoms with Gasteiger partial charge < -0.3 is 15.5 Å². The molecule has 0 aliphatic heterocycles. The van der Waals surface area contributed by atoms with Crippen LogP contribution in [0.4, 0.5) is 20.6 Å². The zero-order valence-corrected chi connectivity index (χ0v) is 15.3. The van der Waals surface area contributed by atoms with Crippen molar-refractivity contribution in [3.8, 4) is 0 Å². The molecular weight excluding hydrogens is 333 g/mol. The number of nitrogens with one attached hydrogen (secondary N) is 3. The van der Waals surface area contributed by atoms with Crippen molar-refractivity contribution in [1.82, 2.24) is 15.5 Å². The van der Waals surface area contributed by atoms with E-state index in [0.717, 1.165) is 24.1 Å². The summed E-state index contributed by atoms with van der Waals surface area (Å²) >= 11 is 0. The summed E-state index contributed by atoms with van der Waals surface area (Å²) in [6, 6.07) is 4.86. The van der Waals surface area contributed by atoms with E-state index < -0.39 is 0 Å². The van der Waals surface area contributed by atoms with Crippen molar-refractivity contribution in [3.63, 3.8) is 0 Å². The van der Waals surface area contributed by atoms with Crippen molar-refractivity contribution in [1.29, 1.82) is 0 Å². The summed E-state index contributed by atoms with van der Waals surface area (Å²) in [7, 11) is 1.95. The van der Waals surface area contributed by atoms with Gasteiger partial charge in [0.2, 0.25) is 0 Å². The average molecular weight is 359 g/mol. The number of aromatic amines is 1. The molecule has 1 heterocycles. The van der Waals surface area contributed by atoms with Crippen molar-refractivity contribution in [2.75, 3.05) is 17.3 Å².